The van der Waals surface area contributed by atoms with E-state index in [9.17, 15) is 8.42 Å². The quantitative estimate of drug-likeness (QED) is 0.774. The Kier molecular flexibility index (Phi) is 6.16. The van der Waals surface area contributed by atoms with Crippen molar-refractivity contribution in [2.75, 3.05) is 18.4 Å². The molecule has 2 N–H and O–H groups in total. The highest BCUT2D eigenvalue weighted by Gasteiger charge is 2.25. The average Bonchev–Trinajstić information content (AvgIpc) is 2.43. The van der Waals surface area contributed by atoms with Crippen LogP contribution in [0.25, 0.3) is 0 Å². The molecular formula is C15H27N3O2S. The fourth-order valence-electron chi connectivity index (χ4n) is 1.47. The molecule has 0 aliphatic carbocycles. The van der Waals surface area contributed by atoms with E-state index in [2.05, 4.69) is 49.6 Å². The molecule has 6 heteroatoms. The Balaban J connectivity index is 2.74. The van der Waals surface area contributed by atoms with Crippen molar-refractivity contribution in [2.24, 2.45) is 11.3 Å². The number of sulfonamides is 1. The SMILES string of the molecule is CCCNc1ccc(S(=O)(=O)NCC(C)(C)C(C)C)cn1. The second-order valence-electron chi connectivity index (χ2n) is 6.27. The molecule has 0 saturated carbocycles. The number of hydrogen-bond acceptors (Lipinski definition) is 4. The Morgan fingerprint density at radius 3 is 2.43 bits per heavy atom. The minimum atomic E-state index is -3.50. The molecule has 0 spiro atoms. The molecule has 5 nitrogen and oxygen atoms in total. The van der Waals surface area contributed by atoms with E-state index >= 15 is 0 Å². The fourth-order valence-corrected chi connectivity index (χ4v) is 2.63. The Labute approximate surface area is 128 Å². The number of nitrogens with zero attached hydrogens (tertiary/aromatic N) is 1. The third kappa shape index (κ3) is 5.28. The van der Waals surface area contributed by atoms with Crippen LogP contribution in [0.15, 0.2) is 23.2 Å². The van der Waals surface area contributed by atoms with E-state index in [1.807, 2.05) is 0 Å². The number of nitrogens with one attached hydrogen (secondary N) is 2. The van der Waals surface area contributed by atoms with Gasteiger partial charge in [0.15, 0.2) is 0 Å². The van der Waals surface area contributed by atoms with Crippen LogP contribution in [0.5, 0.6) is 0 Å². The maximum absolute atomic E-state index is 12.3. The highest BCUT2D eigenvalue weighted by atomic mass is 32.2. The summed E-state index contributed by atoms with van der Waals surface area (Å²) in [6.45, 7) is 11.6. The van der Waals surface area contributed by atoms with Crippen LogP contribution in [0.3, 0.4) is 0 Å². The van der Waals surface area contributed by atoms with Gasteiger partial charge in [-0.3, -0.25) is 0 Å². The van der Waals surface area contributed by atoms with Crippen LogP contribution in [0, 0.1) is 11.3 Å². The van der Waals surface area contributed by atoms with Crippen molar-refractivity contribution in [3.05, 3.63) is 18.3 Å². The molecule has 1 rings (SSSR count). The Hall–Kier alpha value is -1.14. The van der Waals surface area contributed by atoms with Crippen LogP contribution in [0.2, 0.25) is 0 Å². The summed E-state index contributed by atoms with van der Waals surface area (Å²) in [6, 6.07) is 3.27. The van der Waals surface area contributed by atoms with Crippen molar-refractivity contribution in [3.63, 3.8) is 0 Å². The lowest BCUT2D eigenvalue weighted by atomic mass is 9.81. The van der Waals surface area contributed by atoms with E-state index in [1.54, 1.807) is 12.1 Å². The molecule has 0 aromatic carbocycles. The predicted octanol–water partition coefficient (Wildman–Crippen LogP) is 2.86. The molecule has 0 radical (unpaired) electrons. The van der Waals surface area contributed by atoms with Crippen LogP contribution < -0.4 is 10.0 Å². The summed E-state index contributed by atoms with van der Waals surface area (Å²) >= 11 is 0. The van der Waals surface area contributed by atoms with Crippen molar-refractivity contribution < 1.29 is 8.42 Å². The van der Waals surface area contributed by atoms with Crippen LogP contribution in [-0.4, -0.2) is 26.5 Å². The van der Waals surface area contributed by atoms with Gasteiger partial charge in [-0.05, 0) is 29.9 Å². The molecule has 21 heavy (non-hydrogen) atoms. The first-order valence-corrected chi connectivity index (χ1v) is 8.87. The van der Waals surface area contributed by atoms with Gasteiger partial charge in [0, 0.05) is 19.3 Å². The van der Waals surface area contributed by atoms with E-state index in [-0.39, 0.29) is 10.3 Å². The first-order valence-electron chi connectivity index (χ1n) is 7.38. The van der Waals surface area contributed by atoms with Gasteiger partial charge < -0.3 is 5.32 Å². The van der Waals surface area contributed by atoms with E-state index in [4.69, 9.17) is 0 Å². The monoisotopic (exact) mass is 313 g/mol. The molecular weight excluding hydrogens is 286 g/mol. The molecule has 1 aromatic rings. The molecule has 1 aromatic heterocycles. The third-order valence-corrected chi connectivity index (χ3v) is 5.27. The Morgan fingerprint density at radius 2 is 1.95 bits per heavy atom. The summed E-state index contributed by atoms with van der Waals surface area (Å²) in [6.07, 6.45) is 2.39. The molecule has 0 atom stereocenters. The smallest absolute Gasteiger partial charge is 0.242 e. The van der Waals surface area contributed by atoms with E-state index in [1.165, 1.54) is 6.20 Å². The minimum Gasteiger partial charge on any atom is -0.370 e. The van der Waals surface area contributed by atoms with Gasteiger partial charge in [0.05, 0.1) is 0 Å². The van der Waals surface area contributed by atoms with Crippen molar-refractivity contribution in [1.29, 1.82) is 0 Å². The van der Waals surface area contributed by atoms with Crippen LogP contribution in [-0.2, 0) is 10.0 Å². The lowest BCUT2D eigenvalue weighted by Gasteiger charge is -2.29. The maximum Gasteiger partial charge on any atom is 0.242 e. The van der Waals surface area contributed by atoms with E-state index in [0.29, 0.717) is 18.3 Å². The van der Waals surface area contributed by atoms with Gasteiger partial charge in [0.25, 0.3) is 0 Å². The highest BCUT2D eigenvalue weighted by Crippen LogP contribution is 2.25. The number of aromatic nitrogens is 1. The van der Waals surface area contributed by atoms with Gasteiger partial charge in [0.1, 0.15) is 10.7 Å². The Morgan fingerprint density at radius 1 is 1.29 bits per heavy atom. The molecule has 0 amide bonds. The number of anilines is 1. The van der Waals surface area contributed by atoms with Crippen LogP contribution in [0.1, 0.15) is 41.0 Å². The summed E-state index contributed by atoms with van der Waals surface area (Å²) in [4.78, 5) is 4.33. The van der Waals surface area contributed by atoms with E-state index in [0.717, 1.165) is 13.0 Å². The number of rotatable bonds is 8. The second kappa shape index (κ2) is 7.22. The second-order valence-corrected chi connectivity index (χ2v) is 8.04. The molecule has 120 valence electrons. The van der Waals surface area contributed by atoms with Gasteiger partial charge in [-0.1, -0.05) is 34.6 Å². The van der Waals surface area contributed by atoms with E-state index < -0.39 is 10.0 Å². The third-order valence-electron chi connectivity index (χ3n) is 3.88. The van der Waals surface area contributed by atoms with Gasteiger partial charge in [0.2, 0.25) is 10.0 Å². The van der Waals surface area contributed by atoms with Crippen LogP contribution >= 0.6 is 0 Å². The van der Waals surface area contributed by atoms with Crippen molar-refractivity contribution in [2.45, 2.75) is 45.9 Å². The van der Waals surface area contributed by atoms with Gasteiger partial charge in [-0.15, -0.1) is 0 Å². The molecule has 0 fully saturated rings. The fraction of sp³-hybridized carbons (Fsp3) is 0.667. The molecule has 0 saturated heterocycles. The van der Waals surface area contributed by atoms with Gasteiger partial charge in [-0.25, -0.2) is 18.1 Å². The predicted molar refractivity (Wildman–Crippen MR) is 86.8 cm³/mol. The molecule has 0 unspecified atom stereocenters. The summed E-state index contributed by atoms with van der Waals surface area (Å²) in [5.74, 6) is 1.08. The Bertz CT molecular complexity index is 537. The number of hydrogen-bond donors (Lipinski definition) is 2. The average molecular weight is 313 g/mol. The van der Waals surface area contributed by atoms with Crippen LogP contribution in [0.4, 0.5) is 5.82 Å². The minimum absolute atomic E-state index is 0.0941. The van der Waals surface area contributed by atoms with Crippen molar-refractivity contribution in [3.8, 4) is 0 Å². The normalized spacial score (nSPS) is 12.7. The van der Waals surface area contributed by atoms with Gasteiger partial charge in [-0.2, -0.15) is 0 Å². The molecule has 0 bridgehead atoms. The maximum atomic E-state index is 12.3. The molecule has 0 aliphatic rings. The topological polar surface area (TPSA) is 71.1 Å². The summed E-state index contributed by atoms with van der Waals surface area (Å²) in [5.41, 5.74) is -0.0941. The molecule has 1 heterocycles. The summed E-state index contributed by atoms with van der Waals surface area (Å²) in [5, 5.41) is 3.12. The lowest BCUT2D eigenvalue weighted by molar-refractivity contribution is 0.252. The first kappa shape index (κ1) is 17.9. The zero-order valence-electron chi connectivity index (χ0n) is 13.6. The number of pyridine rings is 1. The summed E-state index contributed by atoms with van der Waals surface area (Å²) in [7, 11) is -3.50. The highest BCUT2D eigenvalue weighted by molar-refractivity contribution is 7.89. The molecule has 0 aliphatic heterocycles. The summed E-state index contributed by atoms with van der Waals surface area (Å²) < 4.78 is 27.2. The van der Waals surface area contributed by atoms with Gasteiger partial charge >= 0.3 is 0 Å². The van der Waals surface area contributed by atoms with Crippen molar-refractivity contribution in [1.82, 2.24) is 9.71 Å². The zero-order valence-corrected chi connectivity index (χ0v) is 14.4. The first-order chi connectivity index (χ1) is 9.69. The standard InChI is InChI=1S/C15H27N3O2S/c1-6-9-16-14-8-7-13(10-17-14)21(19,20)18-11-15(4,5)12(2)3/h7-8,10,12,18H,6,9,11H2,1-5H3,(H,16,17). The zero-order chi connectivity index (χ0) is 16.1. The lowest BCUT2D eigenvalue weighted by Crippen LogP contribution is -2.37. The van der Waals surface area contributed by atoms with Crippen molar-refractivity contribution >= 4 is 15.8 Å². The largest absolute Gasteiger partial charge is 0.370 e.